The average molecular weight is 430 g/mol. The minimum absolute atomic E-state index is 0.0254. The van der Waals surface area contributed by atoms with E-state index in [9.17, 15) is 24.8 Å². The van der Waals surface area contributed by atoms with Gasteiger partial charge in [0.25, 0.3) is 11.6 Å². The first-order valence-corrected chi connectivity index (χ1v) is 9.74. The van der Waals surface area contributed by atoms with E-state index in [0.29, 0.717) is 11.3 Å². The number of amides is 1. The van der Waals surface area contributed by atoms with Crippen molar-refractivity contribution in [2.24, 2.45) is 0 Å². The first kappa shape index (κ1) is 20.8. The fourth-order valence-corrected chi connectivity index (χ4v) is 3.62. The first-order chi connectivity index (χ1) is 15.5. The highest BCUT2D eigenvalue weighted by molar-refractivity contribution is 6.14. The largest absolute Gasteiger partial charge is 0.503 e. The van der Waals surface area contributed by atoms with Crippen LogP contribution >= 0.6 is 0 Å². The lowest BCUT2D eigenvalue weighted by molar-refractivity contribution is -0.384. The van der Waals surface area contributed by atoms with Crippen LogP contribution in [0.15, 0.2) is 94.8 Å². The molecule has 4 rings (SSSR count). The molecule has 1 aliphatic heterocycles. The predicted octanol–water partition coefficient (Wildman–Crippen LogP) is 4.37. The minimum atomic E-state index is -1.01. The predicted molar refractivity (Wildman–Crippen MR) is 115 cm³/mol. The molecule has 1 unspecified atom stereocenters. The van der Waals surface area contributed by atoms with Crippen LogP contribution in [0.25, 0.3) is 6.08 Å². The summed E-state index contributed by atoms with van der Waals surface area (Å²) >= 11 is 0. The fourth-order valence-electron chi connectivity index (χ4n) is 3.62. The molecule has 8 nitrogen and oxygen atoms in total. The molecular weight excluding hydrogens is 412 g/mol. The Bertz CT molecular complexity index is 1230. The van der Waals surface area contributed by atoms with Gasteiger partial charge in [0, 0.05) is 12.1 Å². The summed E-state index contributed by atoms with van der Waals surface area (Å²) in [4.78, 5) is 38.0. The van der Waals surface area contributed by atoms with E-state index >= 15 is 0 Å². The van der Waals surface area contributed by atoms with Gasteiger partial charge < -0.3 is 14.4 Å². The van der Waals surface area contributed by atoms with Gasteiger partial charge in [-0.2, -0.15) is 0 Å². The highest BCUT2D eigenvalue weighted by Gasteiger charge is 2.43. The topological polar surface area (TPSA) is 114 Å². The molecule has 0 fully saturated rings. The Morgan fingerprint density at radius 2 is 1.91 bits per heavy atom. The van der Waals surface area contributed by atoms with E-state index in [1.807, 2.05) is 18.2 Å². The maximum Gasteiger partial charge on any atom is 0.290 e. The average Bonchev–Trinajstić information content (AvgIpc) is 3.40. The molecule has 1 aromatic heterocycles. The Labute approximate surface area is 182 Å². The van der Waals surface area contributed by atoms with Crippen molar-refractivity contribution in [2.45, 2.75) is 12.6 Å². The van der Waals surface area contributed by atoms with Crippen molar-refractivity contribution < 1.29 is 24.0 Å². The molecule has 0 spiro atoms. The number of rotatable bonds is 7. The number of nitro groups is 1. The van der Waals surface area contributed by atoms with Gasteiger partial charge in [-0.15, -0.1) is 0 Å². The third-order valence-electron chi connectivity index (χ3n) is 5.10. The lowest BCUT2D eigenvalue weighted by atomic mass is 9.95. The van der Waals surface area contributed by atoms with Crippen LogP contribution in [0.1, 0.15) is 22.9 Å². The van der Waals surface area contributed by atoms with E-state index in [4.69, 9.17) is 4.42 Å². The molecule has 0 saturated carbocycles. The number of non-ortho nitro benzene ring substituents is 1. The number of nitro benzene ring substituents is 1. The van der Waals surface area contributed by atoms with E-state index in [-0.39, 0.29) is 17.8 Å². The van der Waals surface area contributed by atoms with Crippen molar-refractivity contribution in [3.8, 4) is 0 Å². The summed E-state index contributed by atoms with van der Waals surface area (Å²) < 4.78 is 5.33. The normalized spacial score (nSPS) is 16.2. The Hall–Kier alpha value is -4.46. The van der Waals surface area contributed by atoms with Crippen molar-refractivity contribution in [2.75, 3.05) is 0 Å². The summed E-state index contributed by atoms with van der Waals surface area (Å²) in [6.07, 6.45) is 4.29. The van der Waals surface area contributed by atoms with Gasteiger partial charge in [0.15, 0.2) is 11.5 Å². The molecule has 3 aromatic rings. The Kier molecular flexibility index (Phi) is 5.67. The van der Waals surface area contributed by atoms with Gasteiger partial charge in [-0.25, -0.2) is 0 Å². The van der Waals surface area contributed by atoms with Crippen molar-refractivity contribution >= 4 is 23.5 Å². The van der Waals surface area contributed by atoms with Crippen molar-refractivity contribution in [3.05, 3.63) is 117 Å². The lowest BCUT2D eigenvalue weighted by Crippen LogP contribution is -2.30. The second-order valence-corrected chi connectivity index (χ2v) is 7.14. The van der Waals surface area contributed by atoms with Gasteiger partial charge in [-0.1, -0.05) is 48.5 Å². The SMILES string of the molecule is O=C(C=Cc1ccccc1)C1=C(O)C(=O)N(Cc2ccco2)C1c1cccc([N+](=O)[O-])c1. The van der Waals surface area contributed by atoms with Crippen LogP contribution in [0, 0.1) is 10.1 Å². The van der Waals surface area contributed by atoms with E-state index in [1.54, 1.807) is 36.4 Å². The molecule has 1 N–H and O–H groups in total. The number of hydrogen-bond acceptors (Lipinski definition) is 6. The maximum atomic E-state index is 13.1. The molecular formula is C24H18N2O6. The van der Waals surface area contributed by atoms with Crippen LogP contribution in [-0.2, 0) is 16.1 Å². The Balaban J connectivity index is 1.76. The van der Waals surface area contributed by atoms with Crippen LogP contribution in [-0.4, -0.2) is 26.6 Å². The van der Waals surface area contributed by atoms with Gasteiger partial charge in [0.05, 0.1) is 29.3 Å². The van der Waals surface area contributed by atoms with E-state index in [1.165, 1.54) is 35.4 Å². The van der Waals surface area contributed by atoms with Crippen molar-refractivity contribution in [1.29, 1.82) is 0 Å². The van der Waals surface area contributed by atoms with E-state index < -0.39 is 28.4 Å². The maximum absolute atomic E-state index is 13.1. The number of carbonyl (C=O) groups excluding carboxylic acids is 2. The molecule has 1 atom stereocenters. The van der Waals surface area contributed by atoms with Crippen molar-refractivity contribution in [3.63, 3.8) is 0 Å². The van der Waals surface area contributed by atoms with E-state index in [0.717, 1.165) is 5.56 Å². The van der Waals surface area contributed by atoms with Crippen molar-refractivity contribution in [1.82, 2.24) is 4.90 Å². The summed E-state index contributed by atoms with van der Waals surface area (Å²) in [5.41, 5.74) is 0.768. The van der Waals surface area contributed by atoms with Gasteiger partial charge in [-0.3, -0.25) is 19.7 Å². The molecule has 0 radical (unpaired) electrons. The lowest BCUT2D eigenvalue weighted by Gasteiger charge is -2.25. The van der Waals surface area contributed by atoms with Crippen LogP contribution in [0.5, 0.6) is 0 Å². The molecule has 2 aromatic carbocycles. The highest BCUT2D eigenvalue weighted by Crippen LogP contribution is 2.40. The van der Waals surface area contributed by atoms with Gasteiger partial charge in [0.2, 0.25) is 0 Å². The third kappa shape index (κ3) is 4.06. The van der Waals surface area contributed by atoms with Crippen LogP contribution in [0.3, 0.4) is 0 Å². The quantitative estimate of drug-likeness (QED) is 0.338. The molecule has 160 valence electrons. The number of carbonyl (C=O) groups is 2. The number of hydrogen-bond donors (Lipinski definition) is 1. The van der Waals surface area contributed by atoms with Gasteiger partial charge in [-0.05, 0) is 29.3 Å². The molecule has 0 aliphatic carbocycles. The van der Waals surface area contributed by atoms with Crippen LogP contribution in [0.2, 0.25) is 0 Å². The van der Waals surface area contributed by atoms with Gasteiger partial charge in [0.1, 0.15) is 5.76 Å². The van der Waals surface area contributed by atoms with E-state index in [2.05, 4.69) is 0 Å². The number of aliphatic hydroxyl groups is 1. The smallest absolute Gasteiger partial charge is 0.290 e. The first-order valence-electron chi connectivity index (χ1n) is 9.74. The number of nitrogens with zero attached hydrogens (tertiary/aromatic N) is 2. The molecule has 32 heavy (non-hydrogen) atoms. The summed E-state index contributed by atoms with van der Waals surface area (Å²) in [6, 6.07) is 17.0. The Morgan fingerprint density at radius 3 is 2.59 bits per heavy atom. The molecule has 2 heterocycles. The molecule has 0 saturated heterocycles. The highest BCUT2D eigenvalue weighted by atomic mass is 16.6. The Morgan fingerprint density at radius 1 is 1.12 bits per heavy atom. The number of allylic oxidation sites excluding steroid dienone is 1. The minimum Gasteiger partial charge on any atom is -0.503 e. The third-order valence-corrected chi connectivity index (χ3v) is 5.10. The molecule has 8 heteroatoms. The second-order valence-electron chi connectivity index (χ2n) is 7.14. The molecule has 0 bridgehead atoms. The zero-order valence-corrected chi connectivity index (χ0v) is 16.8. The number of benzene rings is 2. The summed E-state index contributed by atoms with van der Waals surface area (Å²) in [7, 11) is 0. The number of aliphatic hydroxyl groups excluding tert-OH is 1. The zero-order valence-electron chi connectivity index (χ0n) is 16.8. The van der Waals surface area contributed by atoms with Crippen LogP contribution in [0.4, 0.5) is 5.69 Å². The number of furan rings is 1. The summed E-state index contributed by atoms with van der Waals surface area (Å²) in [5, 5.41) is 21.9. The summed E-state index contributed by atoms with van der Waals surface area (Å²) in [6.45, 7) is -0.0254. The zero-order chi connectivity index (χ0) is 22.7. The number of ketones is 1. The van der Waals surface area contributed by atoms with Gasteiger partial charge >= 0.3 is 0 Å². The molecule has 1 aliphatic rings. The monoisotopic (exact) mass is 430 g/mol. The summed E-state index contributed by atoms with van der Waals surface area (Å²) in [5.74, 6) is -1.57. The fraction of sp³-hybridized carbons (Fsp3) is 0.0833. The van der Waals surface area contributed by atoms with Crippen LogP contribution < -0.4 is 0 Å². The standard InChI is InChI=1S/C24H18N2O6/c27-20(12-11-16-6-2-1-3-7-16)21-22(17-8-4-9-18(14-17)26(30)31)25(24(29)23(21)28)15-19-10-5-13-32-19/h1-14,22,28H,15H2. The molecule has 1 amide bonds. The second kappa shape index (κ2) is 8.73.